The fraction of sp³-hybridized carbons (Fsp3) is 0.571. The molecule has 5 heteroatoms. The maximum Gasteiger partial charge on any atom is 0.335 e. The summed E-state index contributed by atoms with van der Waals surface area (Å²) in [5, 5.41) is 0. The van der Waals surface area contributed by atoms with Gasteiger partial charge in [0, 0.05) is 0 Å². The predicted octanol–water partition coefficient (Wildman–Crippen LogP) is 2.02. The van der Waals surface area contributed by atoms with Gasteiger partial charge in [0.15, 0.2) is 0 Å². The standard InChI is InChI=1S/C14H22O5/c1-5-7-18-13(15)11(3)9-17-10-12(4)14(16)19-8-6-2/h3-10H2,1-2H3. The van der Waals surface area contributed by atoms with Crippen LogP contribution in [0.4, 0.5) is 0 Å². The lowest BCUT2D eigenvalue weighted by atomic mass is 10.3. The third-order valence-corrected chi connectivity index (χ3v) is 2.00. The Balaban J connectivity index is 3.83. The minimum absolute atomic E-state index is 0.00260. The van der Waals surface area contributed by atoms with Crippen molar-refractivity contribution in [3.8, 4) is 0 Å². The van der Waals surface area contributed by atoms with E-state index >= 15 is 0 Å². The van der Waals surface area contributed by atoms with E-state index in [1.165, 1.54) is 0 Å². The van der Waals surface area contributed by atoms with Gasteiger partial charge in [-0.1, -0.05) is 27.0 Å². The molecule has 5 nitrogen and oxygen atoms in total. The summed E-state index contributed by atoms with van der Waals surface area (Å²) >= 11 is 0. The van der Waals surface area contributed by atoms with Crippen LogP contribution in [0.25, 0.3) is 0 Å². The van der Waals surface area contributed by atoms with Crippen molar-refractivity contribution in [3.05, 3.63) is 24.3 Å². The lowest BCUT2D eigenvalue weighted by molar-refractivity contribution is -0.139. The van der Waals surface area contributed by atoms with Gasteiger partial charge in [0.2, 0.25) is 0 Å². The predicted molar refractivity (Wildman–Crippen MR) is 71.6 cm³/mol. The van der Waals surface area contributed by atoms with Crippen LogP contribution in [0.1, 0.15) is 26.7 Å². The molecule has 0 atom stereocenters. The first-order valence-corrected chi connectivity index (χ1v) is 6.30. The molecule has 0 bridgehead atoms. The van der Waals surface area contributed by atoms with E-state index in [9.17, 15) is 9.59 Å². The Hall–Kier alpha value is -1.62. The van der Waals surface area contributed by atoms with Gasteiger partial charge >= 0.3 is 11.9 Å². The number of rotatable bonds is 10. The summed E-state index contributed by atoms with van der Waals surface area (Å²) in [6.07, 6.45) is 1.50. The number of carbonyl (C=O) groups excluding carboxylic acids is 2. The van der Waals surface area contributed by atoms with Gasteiger partial charge in [0.25, 0.3) is 0 Å². The molecular weight excluding hydrogens is 248 g/mol. The van der Waals surface area contributed by atoms with Gasteiger partial charge in [-0.25, -0.2) is 9.59 Å². The second-order valence-electron chi connectivity index (χ2n) is 3.97. The van der Waals surface area contributed by atoms with E-state index in [0.717, 1.165) is 12.8 Å². The van der Waals surface area contributed by atoms with Crippen molar-refractivity contribution >= 4 is 11.9 Å². The summed E-state index contributed by atoms with van der Waals surface area (Å²) < 4.78 is 14.9. The SMILES string of the molecule is C=C(COCC(=C)C(=O)OCCC)C(=O)OCCC. The summed E-state index contributed by atoms with van der Waals surface area (Å²) in [5.74, 6) is -0.970. The molecule has 19 heavy (non-hydrogen) atoms. The third-order valence-electron chi connectivity index (χ3n) is 2.00. The summed E-state index contributed by atoms with van der Waals surface area (Å²) in [6.45, 7) is 11.6. The molecule has 108 valence electrons. The Bertz CT molecular complexity index is 301. The smallest absolute Gasteiger partial charge is 0.335 e. The maximum absolute atomic E-state index is 11.3. The monoisotopic (exact) mass is 270 g/mol. The summed E-state index contributed by atoms with van der Waals surface area (Å²) in [4.78, 5) is 22.7. The Kier molecular flexibility index (Phi) is 9.44. The fourth-order valence-corrected chi connectivity index (χ4v) is 1.01. The quantitative estimate of drug-likeness (QED) is 0.449. The Morgan fingerprint density at radius 1 is 0.842 bits per heavy atom. The molecule has 0 rings (SSSR count). The Labute approximate surface area is 114 Å². The Morgan fingerprint density at radius 3 is 1.53 bits per heavy atom. The van der Waals surface area contributed by atoms with Crippen LogP contribution < -0.4 is 0 Å². The van der Waals surface area contributed by atoms with Crippen LogP contribution in [0.15, 0.2) is 24.3 Å². The molecule has 0 radical (unpaired) electrons. The van der Waals surface area contributed by atoms with E-state index in [1.54, 1.807) is 0 Å². The second kappa shape index (κ2) is 10.3. The van der Waals surface area contributed by atoms with Crippen LogP contribution in [0.2, 0.25) is 0 Å². The van der Waals surface area contributed by atoms with Crippen LogP contribution in [0.5, 0.6) is 0 Å². The molecule has 0 amide bonds. The molecule has 0 aromatic rings. The van der Waals surface area contributed by atoms with E-state index in [1.807, 2.05) is 13.8 Å². The van der Waals surface area contributed by atoms with Crippen LogP contribution >= 0.6 is 0 Å². The third kappa shape index (κ3) is 8.15. The van der Waals surface area contributed by atoms with E-state index < -0.39 is 11.9 Å². The number of hydrogen-bond donors (Lipinski definition) is 0. The van der Waals surface area contributed by atoms with Crippen LogP contribution in [0.3, 0.4) is 0 Å². The first-order chi connectivity index (χ1) is 9.02. The Morgan fingerprint density at radius 2 is 1.21 bits per heavy atom. The van der Waals surface area contributed by atoms with Crippen molar-refractivity contribution in [2.24, 2.45) is 0 Å². The highest BCUT2D eigenvalue weighted by molar-refractivity contribution is 5.88. The average Bonchev–Trinajstić information content (AvgIpc) is 2.41. The van der Waals surface area contributed by atoms with Crippen molar-refractivity contribution in [2.75, 3.05) is 26.4 Å². The van der Waals surface area contributed by atoms with Gasteiger partial charge in [-0.15, -0.1) is 0 Å². The maximum atomic E-state index is 11.3. The first-order valence-electron chi connectivity index (χ1n) is 6.30. The summed E-state index contributed by atoms with van der Waals surface area (Å²) in [6, 6.07) is 0. The molecular formula is C14H22O5. The lowest BCUT2D eigenvalue weighted by Crippen LogP contribution is -2.16. The van der Waals surface area contributed by atoms with Crippen LogP contribution in [0, 0.1) is 0 Å². The van der Waals surface area contributed by atoms with E-state index in [2.05, 4.69) is 13.2 Å². The molecule has 0 aliphatic carbocycles. The molecule has 0 heterocycles. The van der Waals surface area contributed by atoms with E-state index in [-0.39, 0.29) is 24.4 Å². The number of esters is 2. The highest BCUT2D eigenvalue weighted by atomic mass is 16.5. The number of hydrogen-bond acceptors (Lipinski definition) is 5. The summed E-state index contributed by atoms with van der Waals surface area (Å²) in [7, 11) is 0. The zero-order valence-electron chi connectivity index (χ0n) is 11.7. The van der Waals surface area contributed by atoms with Gasteiger partial charge in [-0.2, -0.15) is 0 Å². The lowest BCUT2D eigenvalue weighted by Gasteiger charge is -2.08. The normalized spacial score (nSPS) is 9.79. The average molecular weight is 270 g/mol. The van der Waals surface area contributed by atoms with Gasteiger partial charge in [-0.05, 0) is 12.8 Å². The highest BCUT2D eigenvalue weighted by Gasteiger charge is 2.11. The van der Waals surface area contributed by atoms with Crippen LogP contribution in [-0.2, 0) is 23.8 Å². The fourth-order valence-electron chi connectivity index (χ4n) is 1.01. The zero-order valence-corrected chi connectivity index (χ0v) is 11.7. The van der Waals surface area contributed by atoms with Gasteiger partial charge in [-0.3, -0.25) is 0 Å². The van der Waals surface area contributed by atoms with E-state index in [4.69, 9.17) is 14.2 Å². The largest absolute Gasteiger partial charge is 0.462 e. The number of ether oxygens (including phenoxy) is 3. The van der Waals surface area contributed by atoms with Gasteiger partial charge in [0.1, 0.15) is 0 Å². The van der Waals surface area contributed by atoms with Crippen molar-refractivity contribution in [1.82, 2.24) is 0 Å². The summed E-state index contributed by atoms with van der Waals surface area (Å²) in [5.41, 5.74) is 0.423. The minimum atomic E-state index is -0.485. The van der Waals surface area contributed by atoms with Crippen molar-refractivity contribution in [2.45, 2.75) is 26.7 Å². The topological polar surface area (TPSA) is 61.8 Å². The minimum Gasteiger partial charge on any atom is -0.462 e. The van der Waals surface area contributed by atoms with Crippen molar-refractivity contribution < 1.29 is 23.8 Å². The molecule has 0 aromatic carbocycles. The van der Waals surface area contributed by atoms with Crippen molar-refractivity contribution in [3.63, 3.8) is 0 Å². The molecule has 0 saturated carbocycles. The number of carbonyl (C=O) groups is 2. The van der Waals surface area contributed by atoms with Gasteiger partial charge in [0.05, 0.1) is 37.6 Å². The first kappa shape index (κ1) is 17.4. The second-order valence-corrected chi connectivity index (χ2v) is 3.97. The van der Waals surface area contributed by atoms with Gasteiger partial charge < -0.3 is 14.2 Å². The molecule has 0 unspecified atom stereocenters. The zero-order chi connectivity index (χ0) is 14.7. The van der Waals surface area contributed by atoms with Crippen LogP contribution in [-0.4, -0.2) is 38.4 Å². The highest BCUT2D eigenvalue weighted by Crippen LogP contribution is 2.01. The van der Waals surface area contributed by atoms with E-state index in [0.29, 0.717) is 13.2 Å². The molecule has 0 aromatic heterocycles. The molecule has 0 saturated heterocycles. The molecule has 0 spiro atoms. The van der Waals surface area contributed by atoms with Crippen molar-refractivity contribution in [1.29, 1.82) is 0 Å². The molecule has 0 fully saturated rings. The molecule has 0 N–H and O–H groups in total. The molecule has 0 aliphatic rings. The molecule has 0 aliphatic heterocycles.